The van der Waals surface area contributed by atoms with Crippen molar-refractivity contribution in [1.29, 1.82) is 0 Å². The Balaban J connectivity index is 2.55. The normalized spacial score (nSPS) is 11.1. The smallest absolute Gasteiger partial charge is 0.357 e. The zero-order valence-corrected chi connectivity index (χ0v) is 12.0. The van der Waals surface area contributed by atoms with E-state index in [0.29, 0.717) is 21.9 Å². The molecular weight excluding hydrogens is 288 g/mol. The molecule has 0 unspecified atom stereocenters. The number of esters is 1. The Morgan fingerprint density at radius 2 is 2.25 bits per heavy atom. The van der Waals surface area contributed by atoms with E-state index in [0.717, 1.165) is 11.3 Å². The molecule has 2 aromatic rings. The maximum atomic E-state index is 12.9. The van der Waals surface area contributed by atoms with Gasteiger partial charge in [0.1, 0.15) is 10.7 Å². The molecule has 8 heteroatoms. The van der Waals surface area contributed by atoms with Gasteiger partial charge in [-0.3, -0.25) is 4.68 Å². The van der Waals surface area contributed by atoms with E-state index < -0.39 is 12.4 Å². The summed E-state index contributed by atoms with van der Waals surface area (Å²) in [6, 6.07) is 0. The van der Waals surface area contributed by atoms with E-state index in [4.69, 9.17) is 0 Å². The van der Waals surface area contributed by atoms with E-state index in [-0.39, 0.29) is 11.4 Å². The Bertz CT molecular complexity index is 637. The average molecular weight is 301 g/mol. The maximum Gasteiger partial charge on any atom is 0.357 e. The van der Waals surface area contributed by atoms with Gasteiger partial charge < -0.3 is 4.74 Å². The van der Waals surface area contributed by atoms with Gasteiger partial charge in [0.15, 0.2) is 5.69 Å². The summed E-state index contributed by atoms with van der Waals surface area (Å²) in [5.74, 6) is -0.577. The lowest BCUT2D eigenvalue weighted by atomic mass is 10.2. The third-order valence-electron chi connectivity index (χ3n) is 2.80. The summed E-state index contributed by atoms with van der Waals surface area (Å²) in [7, 11) is 2.83. The van der Waals surface area contributed by atoms with Gasteiger partial charge in [-0.05, 0) is 6.42 Å². The Kier molecular flexibility index (Phi) is 4.12. The summed E-state index contributed by atoms with van der Waals surface area (Å²) in [6.45, 7) is 1.79. The molecule has 0 aliphatic rings. The summed E-state index contributed by atoms with van der Waals surface area (Å²) in [5, 5.41) is 4.32. The summed E-state index contributed by atoms with van der Waals surface area (Å²) in [6.07, 6.45) is -0.738. The van der Waals surface area contributed by atoms with E-state index >= 15 is 0 Å². The number of thiazole rings is 1. The van der Waals surface area contributed by atoms with Crippen molar-refractivity contribution in [3.63, 3.8) is 0 Å². The lowest BCUT2D eigenvalue weighted by molar-refractivity contribution is 0.0589. The number of rotatable bonds is 4. The molecule has 0 N–H and O–H groups in total. The van der Waals surface area contributed by atoms with Crippen LogP contribution in [0.2, 0.25) is 0 Å². The van der Waals surface area contributed by atoms with Gasteiger partial charge in [0.25, 0.3) is 6.43 Å². The number of aromatic nitrogens is 3. The first-order valence-electron chi connectivity index (χ1n) is 5.88. The van der Waals surface area contributed by atoms with Crippen molar-refractivity contribution in [2.75, 3.05) is 7.11 Å². The summed E-state index contributed by atoms with van der Waals surface area (Å²) in [4.78, 5) is 16.2. The van der Waals surface area contributed by atoms with Crippen LogP contribution in [0.25, 0.3) is 10.6 Å². The molecule has 0 saturated carbocycles. The van der Waals surface area contributed by atoms with E-state index in [2.05, 4.69) is 14.8 Å². The van der Waals surface area contributed by atoms with Gasteiger partial charge in [0.05, 0.1) is 18.9 Å². The molecule has 0 atom stereocenters. The summed E-state index contributed by atoms with van der Waals surface area (Å²) >= 11 is 1.14. The lowest BCUT2D eigenvalue weighted by Gasteiger charge is -2.01. The standard InChI is InChI=1S/C12H13F2N3O2S/c1-4-7-8(10(13)14)16-11(20-7)6-5-15-17(2)9(6)12(18)19-3/h5,10H,4H2,1-3H3. The molecule has 0 aliphatic heterocycles. The predicted octanol–water partition coefficient (Wildman–Crippen LogP) is 2.83. The fraction of sp³-hybridized carbons (Fsp3) is 0.417. The second kappa shape index (κ2) is 5.66. The largest absolute Gasteiger partial charge is 0.464 e. The SMILES string of the molecule is CCc1sc(-c2cnn(C)c2C(=O)OC)nc1C(F)F. The molecule has 20 heavy (non-hydrogen) atoms. The number of hydrogen-bond donors (Lipinski definition) is 0. The number of aryl methyl sites for hydroxylation is 2. The average Bonchev–Trinajstić information content (AvgIpc) is 3.01. The van der Waals surface area contributed by atoms with Crippen molar-refractivity contribution in [3.05, 3.63) is 22.5 Å². The van der Waals surface area contributed by atoms with Crippen LogP contribution in [0.3, 0.4) is 0 Å². The van der Waals surface area contributed by atoms with Gasteiger partial charge >= 0.3 is 5.97 Å². The highest BCUT2D eigenvalue weighted by atomic mass is 32.1. The number of nitrogens with zero attached hydrogens (tertiary/aromatic N) is 3. The number of halogens is 2. The predicted molar refractivity (Wildman–Crippen MR) is 70.0 cm³/mol. The summed E-state index contributed by atoms with van der Waals surface area (Å²) < 4.78 is 31.8. The van der Waals surface area contributed by atoms with Crippen LogP contribution in [0.5, 0.6) is 0 Å². The first-order chi connectivity index (χ1) is 9.49. The molecule has 0 aromatic carbocycles. The number of methoxy groups -OCH3 is 1. The molecule has 0 bridgehead atoms. The quantitative estimate of drug-likeness (QED) is 0.815. The lowest BCUT2D eigenvalue weighted by Crippen LogP contribution is -2.09. The second-order valence-electron chi connectivity index (χ2n) is 4.00. The minimum atomic E-state index is -2.63. The molecule has 2 heterocycles. The van der Waals surface area contributed by atoms with Crippen molar-refractivity contribution in [3.8, 4) is 10.6 Å². The zero-order chi connectivity index (χ0) is 14.9. The van der Waals surface area contributed by atoms with Gasteiger partial charge in [0.2, 0.25) is 0 Å². The molecule has 0 radical (unpaired) electrons. The van der Waals surface area contributed by atoms with Gasteiger partial charge in [-0.2, -0.15) is 5.10 Å². The Morgan fingerprint density at radius 1 is 1.55 bits per heavy atom. The van der Waals surface area contributed by atoms with Crippen LogP contribution < -0.4 is 0 Å². The third kappa shape index (κ3) is 2.43. The van der Waals surface area contributed by atoms with Crippen LogP contribution in [-0.4, -0.2) is 27.8 Å². The topological polar surface area (TPSA) is 57.0 Å². The first kappa shape index (κ1) is 14.6. The molecule has 0 spiro atoms. The van der Waals surface area contributed by atoms with Crippen molar-refractivity contribution in [2.24, 2.45) is 7.05 Å². The Hall–Kier alpha value is -1.83. The van der Waals surface area contributed by atoms with Crippen LogP contribution >= 0.6 is 11.3 Å². The molecule has 0 aliphatic carbocycles. The molecule has 108 valence electrons. The molecule has 2 aromatic heterocycles. The van der Waals surface area contributed by atoms with Crippen molar-refractivity contribution in [1.82, 2.24) is 14.8 Å². The highest BCUT2D eigenvalue weighted by Crippen LogP contribution is 2.34. The minimum Gasteiger partial charge on any atom is -0.464 e. The number of hydrogen-bond acceptors (Lipinski definition) is 5. The molecule has 0 saturated heterocycles. The number of ether oxygens (including phenoxy) is 1. The van der Waals surface area contributed by atoms with Crippen LogP contribution in [0.1, 0.15) is 34.4 Å². The van der Waals surface area contributed by atoms with Crippen molar-refractivity contribution < 1.29 is 18.3 Å². The molecular formula is C12H13F2N3O2S. The summed E-state index contributed by atoms with van der Waals surface area (Å²) in [5.41, 5.74) is 0.378. The van der Waals surface area contributed by atoms with Gasteiger partial charge in [-0.15, -0.1) is 11.3 Å². The van der Waals surface area contributed by atoms with Crippen LogP contribution in [-0.2, 0) is 18.2 Å². The first-order valence-corrected chi connectivity index (χ1v) is 6.69. The van der Waals surface area contributed by atoms with Crippen LogP contribution in [0.15, 0.2) is 6.20 Å². The number of carbonyl (C=O) groups is 1. The van der Waals surface area contributed by atoms with Gasteiger partial charge in [-0.25, -0.2) is 18.6 Å². The van der Waals surface area contributed by atoms with Crippen molar-refractivity contribution >= 4 is 17.3 Å². The zero-order valence-electron chi connectivity index (χ0n) is 11.2. The number of carbonyl (C=O) groups excluding carboxylic acids is 1. The molecule has 0 amide bonds. The van der Waals surface area contributed by atoms with E-state index in [1.165, 1.54) is 18.0 Å². The minimum absolute atomic E-state index is 0.199. The highest BCUT2D eigenvalue weighted by Gasteiger charge is 2.24. The van der Waals surface area contributed by atoms with E-state index in [9.17, 15) is 13.6 Å². The number of alkyl halides is 2. The second-order valence-corrected chi connectivity index (χ2v) is 5.09. The monoisotopic (exact) mass is 301 g/mol. The van der Waals surface area contributed by atoms with E-state index in [1.807, 2.05) is 0 Å². The van der Waals surface area contributed by atoms with Crippen LogP contribution in [0, 0.1) is 0 Å². The van der Waals surface area contributed by atoms with E-state index in [1.54, 1.807) is 14.0 Å². The fourth-order valence-corrected chi connectivity index (χ4v) is 2.86. The van der Waals surface area contributed by atoms with Gasteiger partial charge in [0, 0.05) is 11.9 Å². The maximum absolute atomic E-state index is 12.9. The molecule has 2 rings (SSSR count). The Labute approximate surface area is 118 Å². The molecule has 0 fully saturated rings. The van der Waals surface area contributed by atoms with Gasteiger partial charge in [-0.1, -0.05) is 6.92 Å². The molecule has 5 nitrogen and oxygen atoms in total. The fourth-order valence-electron chi connectivity index (χ4n) is 1.84. The third-order valence-corrected chi connectivity index (χ3v) is 4.05. The van der Waals surface area contributed by atoms with Crippen LogP contribution in [0.4, 0.5) is 8.78 Å². The highest BCUT2D eigenvalue weighted by molar-refractivity contribution is 7.15. The Morgan fingerprint density at radius 3 is 2.75 bits per heavy atom. The van der Waals surface area contributed by atoms with Crippen molar-refractivity contribution in [2.45, 2.75) is 19.8 Å².